The fraction of sp³-hybridized carbons (Fsp3) is 0.250. The van der Waals surface area contributed by atoms with Crippen LogP contribution in [0, 0.1) is 0 Å². The summed E-state index contributed by atoms with van der Waals surface area (Å²) in [7, 11) is 0. The largest absolute Gasteiger partial charge is 0.381 e. The molecule has 1 aromatic carbocycles. The Morgan fingerprint density at radius 1 is 1.38 bits per heavy atom. The van der Waals surface area contributed by atoms with E-state index in [4.69, 9.17) is 0 Å². The third-order valence-electron chi connectivity index (χ3n) is 3.58. The van der Waals surface area contributed by atoms with Gasteiger partial charge in [0.1, 0.15) is 0 Å². The Balaban J connectivity index is 2.00. The number of fused-ring (bicyclic) bond motifs is 1. The lowest BCUT2D eigenvalue weighted by atomic mass is 10.2. The number of benzene rings is 1. The fourth-order valence-corrected chi connectivity index (χ4v) is 2.87. The van der Waals surface area contributed by atoms with Crippen LogP contribution in [-0.2, 0) is 0 Å². The van der Waals surface area contributed by atoms with Crippen molar-refractivity contribution in [1.82, 2.24) is 4.98 Å². The van der Waals surface area contributed by atoms with Crippen molar-refractivity contribution in [3.8, 4) is 0 Å². The SMILES string of the molecule is CC1CCN(C(=O)c2cncc(Br)c2)c2ccccc2N1. The number of aromatic nitrogens is 1. The molecule has 2 aromatic rings. The summed E-state index contributed by atoms with van der Waals surface area (Å²) in [5.74, 6) is -0.0212. The predicted octanol–water partition coefficient (Wildman–Crippen LogP) is 3.70. The summed E-state index contributed by atoms with van der Waals surface area (Å²) in [6.45, 7) is 2.82. The highest BCUT2D eigenvalue weighted by molar-refractivity contribution is 9.10. The average Bonchev–Trinajstić information content (AvgIpc) is 2.65. The number of nitrogens with zero attached hydrogens (tertiary/aromatic N) is 2. The van der Waals surface area contributed by atoms with E-state index in [-0.39, 0.29) is 5.91 Å². The minimum absolute atomic E-state index is 0.0212. The first-order valence-corrected chi connectivity index (χ1v) is 7.72. The molecule has 108 valence electrons. The Morgan fingerprint density at radius 3 is 3.00 bits per heavy atom. The van der Waals surface area contributed by atoms with Crippen LogP contribution < -0.4 is 10.2 Å². The molecular formula is C16H16BrN3O. The molecule has 1 aliphatic rings. The first kappa shape index (κ1) is 14.1. The van der Waals surface area contributed by atoms with Crippen LogP contribution in [-0.4, -0.2) is 23.5 Å². The van der Waals surface area contributed by atoms with Gasteiger partial charge in [0.2, 0.25) is 0 Å². The van der Waals surface area contributed by atoms with Crippen molar-refractivity contribution < 1.29 is 4.79 Å². The highest BCUT2D eigenvalue weighted by atomic mass is 79.9. The molecule has 4 nitrogen and oxygen atoms in total. The van der Waals surface area contributed by atoms with Gasteiger partial charge >= 0.3 is 0 Å². The van der Waals surface area contributed by atoms with E-state index in [1.54, 1.807) is 18.5 Å². The van der Waals surface area contributed by atoms with Crippen molar-refractivity contribution in [3.05, 3.63) is 52.8 Å². The van der Waals surface area contributed by atoms with E-state index in [0.717, 1.165) is 22.3 Å². The molecule has 1 unspecified atom stereocenters. The van der Waals surface area contributed by atoms with Crippen LogP contribution in [0.1, 0.15) is 23.7 Å². The summed E-state index contributed by atoms with van der Waals surface area (Å²) >= 11 is 3.37. The number of carbonyl (C=O) groups excluding carboxylic acids is 1. The maximum Gasteiger partial charge on any atom is 0.259 e. The Kier molecular flexibility index (Phi) is 3.92. The standard InChI is InChI=1S/C16H16BrN3O/c1-11-6-7-20(15-5-3-2-4-14(15)19-11)16(21)12-8-13(17)10-18-9-12/h2-5,8-11,19H,6-7H2,1H3. The molecule has 0 radical (unpaired) electrons. The number of anilines is 2. The fourth-order valence-electron chi connectivity index (χ4n) is 2.51. The second-order valence-electron chi connectivity index (χ2n) is 5.20. The molecule has 1 N–H and O–H groups in total. The lowest BCUT2D eigenvalue weighted by Gasteiger charge is -2.22. The van der Waals surface area contributed by atoms with E-state index < -0.39 is 0 Å². The molecule has 0 aliphatic carbocycles. The van der Waals surface area contributed by atoms with E-state index in [0.29, 0.717) is 18.2 Å². The van der Waals surface area contributed by atoms with Gasteiger partial charge in [0.05, 0.1) is 16.9 Å². The van der Waals surface area contributed by atoms with E-state index in [1.807, 2.05) is 29.2 Å². The quantitative estimate of drug-likeness (QED) is 0.857. The smallest absolute Gasteiger partial charge is 0.259 e. The van der Waals surface area contributed by atoms with Crippen LogP contribution in [0.25, 0.3) is 0 Å². The highest BCUT2D eigenvalue weighted by Crippen LogP contribution is 2.31. The summed E-state index contributed by atoms with van der Waals surface area (Å²) in [6, 6.07) is 10.1. The van der Waals surface area contributed by atoms with Crippen LogP contribution in [0.3, 0.4) is 0 Å². The lowest BCUT2D eigenvalue weighted by molar-refractivity contribution is 0.0986. The Morgan fingerprint density at radius 2 is 2.19 bits per heavy atom. The van der Waals surface area contributed by atoms with E-state index in [2.05, 4.69) is 33.2 Å². The summed E-state index contributed by atoms with van der Waals surface area (Å²) in [6.07, 6.45) is 4.19. The average molecular weight is 346 g/mol. The first-order valence-electron chi connectivity index (χ1n) is 6.93. The molecule has 0 fully saturated rings. The maximum atomic E-state index is 12.8. The van der Waals surface area contributed by atoms with Gasteiger partial charge in [-0.3, -0.25) is 9.78 Å². The second-order valence-corrected chi connectivity index (χ2v) is 6.12. The van der Waals surface area contributed by atoms with Gasteiger partial charge in [-0.1, -0.05) is 12.1 Å². The molecule has 21 heavy (non-hydrogen) atoms. The summed E-state index contributed by atoms with van der Waals surface area (Å²) < 4.78 is 0.808. The van der Waals surface area contributed by atoms with Gasteiger partial charge in [-0.2, -0.15) is 0 Å². The number of carbonyl (C=O) groups is 1. The number of pyridine rings is 1. The predicted molar refractivity (Wildman–Crippen MR) is 87.8 cm³/mol. The molecule has 0 spiro atoms. The minimum atomic E-state index is -0.0212. The normalized spacial score (nSPS) is 17.6. The molecule has 1 aromatic heterocycles. The van der Waals surface area contributed by atoms with Crippen molar-refractivity contribution in [2.75, 3.05) is 16.8 Å². The van der Waals surface area contributed by atoms with Crippen molar-refractivity contribution in [1.29, 1.82) is 0 Å². The molecule has 0 saturated heterocycles. The molecule has 3 rings (SSSR count). The van der Waals surface area contributed by atoms with E-state index >= 15 is 0 Å². The van der Waals surface area contributed by atoms with E-state index in [9.17, 15) is 4.79 Å². The number of hydrogen-bond donors (Lipinski definition) is 1. The number of hydrogen-bond acceptors (Lipinski definition) is 3. The molecule has 1 amide bonds. The van der Waals surface area contributed by atoms with Crippen LogP contribution in [0.4, 0.5) is 11.4 Å². The third-order valence-corrected chi connectivity index (χ3v) is 4.01. The Bertz CT molecular complexity index is 674. The number of halogens is 1. The number of para-hydroxylation sites is 2. The van der Waals surface area contributed by atoms with Crippen LogP contribution in [0.2, 0.25) is 0 Å². The van der Waals surface area contributed by atoms with Gasteiger partial charge in [0.15, 0.2) is 0 Å². The zero-order chi connectivity index (χ0) is 14.8. The number of amides is 1. The molecular weight excluding hydrogens is 330 g/mol. The molecule has 0 bridgehead atoms. The van der Waals surface area contributed by atoms with Crippen molar-refractivity contribution in [2.45, 2.75) is 19.4 Å². The molecule has 2 heterocycles. The topological polar surface area (TPSA) is 45.2 Å². The van der Waals surface area contributed by atoms with Crippen molar-refractivity contribution in [3.63, 3.8) is 0 Å². The van der Waals surface area contributed by atoms with Crippen molar-refractivity contribution >= 4 is 33.2 Å². The zero-order valence-corrected chi connectivity index (χ0v) is 13.3. The number of rotatable bonds is 1. The van der Waals surface area contributed by atoms with Crippen LogP contribution in [0.15, 0.2) is 47.2 Å². The van der Waals surface area contributed by atoms with Gasteiger partial charge < -0.3 is 10.2 Å². The summed E-state index contributed by atoms with van der Waals surface area (Å²) in [4.78, 5) is 18.7. The first-order chi connectivity index (χ1) is 10.1. The number of nitrogens with one attached hydrogen (secondary N) is 1. The molecule has 1 aliphatic heterocycles. The summed E-state index contributed by atoms with van der Waals surface area (Å²) in [5.41, 5.74) is 2.51. The van der Waals surface area contributed by atoms with Crippen LogP contribution >= 0.6 is 15.9 Å². The molecule has 1 atom stereocenters. The second kappa shape index (κ2) is 5.85. The van der Waals surface area contributed by atoms with Gasteiger partial charge in [-0.15, -0.1) is 0 Å². The Labute approximate surface area is 132 Å². The lowest BCUT2D eigenvalue weighted by Crippen LogP contribution is -2.32. The minimum Gasteiger partial charge on any atom is -0.381 e. The van der Waals surface area contributed by atoms with Crippen LogP contribution in [0.5, 0.6) is 0 Å². The van der Waals surface area contributed by atoms with Gasteiger partial charge in [-0.05, 0) is 47.5 Å². The Hall–Kier alpha value is -1.88. The molecule has 5 heteroatoms. The van der Waals surface area contributed by atoms with Gasteiger partial charge in [0.25, 0.3) is 5.91 Å². The zero-order valence-electron chi connectivity index (χ0n) is 11.7. The summed E-state index contributed by atoms with van der Waals surface area (Å²) in [5, 5.41) is 3.45. The van der Waals surface area contributed by atoms with E-state index in [1.165, 1.54) is 0 Å². The molecule has 0 saturated carbocycles. The van der Waals surface area contributed by atoms with Crippen molar-refractivity contribution in [2.24, 2.45) is 0 Å². The third kappa shape index (κ3) is 2.93. The highest BCUT2D eigenvalue weighted by Gasteiger charge is 2.24. The van der Waals surface area contributed by atoms with Gasteiger partial charge in [0, 0.05) is 29.5 Å². The van der Waals surface area contributed by atoms with Gasteiger partial charge in [-0.25, -0.2) is 0 Å². The maximum absolute atomic E-state index is 12.8. The monoisotopic (exact) mass is 345 g/mol.